The molecule has 0 saturated heterocycles. The molecule has 0 radical (unpaired) electrons. The second kappa shape index (κ2) is 9.11. The lowest BCUT2D eigenvalue weighted by Gasteiger charge is -2.28. The van der Waals surface area contributed by atoms with Crippen LogP contribution < -0.4 is 4.90 Å². The molecular formula is C32H31N. The molecule has 5 rings (SSSR count). The van der Waals surface area contributed by atoms with Crippen molar-refractivity contribution in [3.8, 4) is 0 Å². The van der Waals surface area contributed by atoms with Crippen molar-refractivity contribution < 1.29 is 0 Å². The summed E-state index contributed by atoms with van der Waals surface area (Å²) >= 11 is 0. The van der Waals surface area contributed by atoms with Crippen LogP contribution in [0.3, 0.4) is 0 Å². The normalized spacial score (nSPS) is 12.8. The first-order chi connectivity index (χ1) is 16.1. The zero-order valence-corrected chi connectivity index (χ0v) is 19.8. The minimum Gasteiger partial charge on any atom is -0.310 e. The highest BCUT2D eigenvalue weighted by Crippen LogP contribution is 2.38. The van der Waals surface area contributed by atoms with Crippen LogP contribution in [-0.4, -0.2) is 0 Å². The SMILES string of the molecule is Cc1ccc(C=Cc2ccc(N(c3ccc4c(c3)CCC4)c3ccc(C)cc3C)cc2)cc1. The average Bonchev–Trinajstić information content (AvgIpc) is 3.29. The topological polar surface area (TPSA) is 3.24 Å². The lowest BCUT2D eigenvalue weighted by atomic mass is 10.0. The molecule has 1 nitrogen and oxygen atoms in total. The van der Waals surface area contributed by atoms with Crippen molar-refractivity contribution in [1.29, 1.82) is 0 Å². The molecule has 4 aromatic rings. The number of aryl methyl sites for hydroxylation is 5. The second-order valence-corrected chi connectivity index (χ2v) is 9.27. The van der Waals surface area contributed by atoms with Crippen LogP contribution in [0.2, 0.25) is 0 Å². The van der Waals surface area contributed by atoms with Gasteiger partial charge in [-0.25, -0.2) is 0 Å². The third kappa shape index (κ3) is 4.64. The van der Waals surface area contributed by atoms with Crippen molar-refractivity contribution in [3.63, 3.8) is 0 Å². The molecule has 4 aromatic carbocycles. The van der Waals surface area contributed by atoms with Crippen LogP contribution in [0.15, 0.2) is 84.9 Å². The number of rotatable bonds is 5. The van der Waals surface area contributed by atoms with Gasteiger partial charge in [0.2, 0.25) is 0 Å². The Morgan fingerprint density at radius 3 is 1.88 bits per heavy atom. The maximum absolute atomic E-state index is 2.40. The van der Waals surface area contributed by atoms with Crippen LogP contribution in [0.1, 0.15) is 45.4 Å². The van der Waals surface area contributed by atoms with Gasteiger partial charge in [0.25, 0.3) is 0 Å². The maximum atomic E-state index is 2.40. The van der Waals surface area contributed by atoms with Gasteiger partial charge in [-0.3, -0.25) is 0 Å². The molecule has 0 N–H and O–H groups in total. The van der Waals surface area contributed by atoms with E-state index in [-0.39, 0.29) is 0 Å². The van der Waals surface area contributed by atoms with E-state index in [1.807, 2.05) is 0 Å². The van der Waals surface area contributed by atoms with E-state index in [0.29, 0.717) is 0 Å². The van der Waals surface area contributed by atoms with E-state index in [9.17, 15) is 0 Å². The van der Waals surface area contributed by atoms with Crippen molar-refractivity contribution in [2.75, 3.05) is 4.90 Å². The Bertz CT molecular complexity index is 1290. The Morgan fingerprint density at radius 1 is 0.576 bits per heavy atom. The van der Waals surface area contributed by atoms with Gasteiger partial charge in [0.05, 0.1) is 0 Å². The first-order valence-electron chi connectivity index (χ1n) is 11.9. The summed E-state index contributed by atoms with van der Waals surface area (Å²) in [5, 5.41) is 0. The average molecular weight is 430 g/mol. The fraction of sp³-hybridized carbons (Fsp3) is 0.188. The molecule has 1 aliphatic rings. The monoisotopic (exact) mass is 429 g/mol. The van der Waals surface area contributed by atoms with Crippen molar-refractivity contribution in [2.24, 2.45) is 0 Å². The minimum atomic E-state index is 1.19. The number of anilines is 3. The first-order valence-corrected chi connectivity index (χ1v) is 11.9. The standard InChI is InChI=1S/C32H31N/c1-23-7-10-26(11-8-23)12-13-27-14-17-30(18-15-27)33(32-20-9-24(2)21-25(32)3)31-19-16-28-5-4-6-29(28)22-31/h7-22H,4-6H2,1-3H3. The Labute approximate surface area is 198 Å². The summed E-state index contributed by atoms with van der Waals surface area (Å²) in [5.74, 6) is 0. The van der Waals surface area contributed by atoms with Gasteiger partial charge in [-0.1, -0.05) is 77.9 Å². The quantitative estimate of drug-likeness (QED) is 0.287. The van der Waals surface area contributed by atoms with Gasteiger partial charge in [-0.05, 0) is 98.2 Å². The van der Waals surface area contributed by atoms with Gasteiger partial charge >= 0.3 is 0 Å². The van der Waals surface area contributed by atoms with E-state index >= 15 is 0 Å². The van der Waals surface area contributed by atoms with Gasteiger partial charge in [0.15, 0.2) is 0 Å². The molecule has 1 aliphatic carbocycles. The molecule has 33 heavy (non-hydrogen) atoms. The fourth-order valence-corrected chi connectivity index (χ4v) is 4.79. The van der Waals surface area contributed by atoms with Crippen molar-refractivity contribution in [2.45, 2.75) is 40.0 Å². The Balaban J connectivity index is 1.50. The Kier molecular flexibility index (Phi) is 5.88. The highest BCUT2D eigenvalue weighted by atomic mass is 15.1. The van der Waals surface area contributed by atoms with Gasteiger partial charge < -0.3 is 4.90 Å². The number of hydrogen-bond acceptors (Lipinski definition) is 1. The highest BCUT2D eigenvalue weighted by molar-refractivity contribution is 5.80. The smallest absolute Gasteiger partial charge is 0.0490 e. The van der Waals surface area contributed by atoms with Gasteiger partial charge in [-0.15, -0.1) is 0 Å². The molecular weight excluding hydrogens is 398 g/mol. The summed E-state index contributed by atoms with van der Waals surface area (Å²) in [5.41, 5.74) is 13.0. The molecule has 0 fully saturated rings. The molecule has 164 valence electrons. The number of fused-ring (bicyclic) bond motifs is 1. The fourth-order valence-electron chi connectivity index (χ4n) is 4.79. The predicted molar refractivity (Wildman–Crippen MR) is 143 cm³/mol. The molecule has 0 aliphatic heterocycles. The molecule has 0 aromatic heterocycles. The molecule has 0 bridgehead atoms. The van der Waals surface area contributed by atoms with Crippen LogP contribution in [0, 0.1) is 20.8 Å². The molecule has 0 amide bonds. The molecule has 0 heterocycles. The van der Waals surface area contributed by atoms with Gasteiger partial charge in [0, 0.05) is 17.1 Å². The Morgan fingerprint density at radius 2 is 1.18 bits per heavy atom. The van der Waals surface area contributed by atoms with E-state index in [1.54, 1.807) is 0 Å². The number of nitrogens with zero attached hydrogens (tertiary/aromatic N) is 1. The van der Waals surface area contributed by atoms with Crippen molar-refractivity contribution in [1.82, 2.24) is 0 Å². The zero-order valence-electron chi connectivity index (χ0n) is 19.8. The van der Waals surface area contributed by atoms with E-state index in [2.05, 4.69) is 123 Å². The summed E-state index contributed by atoms with van der Waals surface area (Å²) in [6, 6.07) is 31.3. The summed E-state index contributed by atoms with van der Waals surface area (Å²) < 4.78 is 0. The number of hydrogen-bond donors (Lipinski definition) is 0. The van der Waals surface area contributed by atoms with Gasteiger partial charge in [0.1, 0.15) is 0 Å². The predicted octanol–water partition coefficient (Wildman–Crippen LogP) is 8.74. The van der Waals surface area contributed by atoms with Crippen molar-refractivity contribution in [3.05, 3.63) is 124 Å². The van der Waals surface area contributed by atoms with E-state index in [0.717, 1.165) is 0 Å². The van der Waals surface area contributed by atoms with Gasteiger partial charge in [-0.2, -0.15) is 0 Å². The van der Waals surface area contributed by atoms with Crippen LogP contribution in [0.25, 0.3) is 12.2 Å². The molecule has 0 saturated carbocycles. The highest BCUT2D eigenvalue weighted by Gasteiger charge is 2.18. The van der Waals surface area contributed by atoms with Crippen molar-refractivity contribution >= 4 is 29.2 Å². The zero-order chi connectivity index (χ0) is 22.8. The molecule has 1 heteroatoms. The summed E-state index contributed by atoms with van der Waals surface area (Å²) in [6.45, 7) is 6.49. The van der Waals surface area contributed by atoms with E-state index in [1.165, 1.54) is 75.3 Å². The van der Waals surface area contributed by atoms with E-state index in [4.69, 9.17) is 0 Å². The lowest BCUT2D eigenvalue weighted by Crippen LogP contribution is -2.12. The summed E-state index contributed by atoms with van der Waals surface area (Å²) in [6.07, 6.45) is 8.03. The third-order valence-corrected chi connectivity index (χ3v) is 6.63. The maximum Gasteiger partial charge on any atom is 0.0490 e. The summed E-state index contributed by atoms with van der Waals surface area (Å²) in [4.78, 5) is 2.40. The second-order valence-electron chi connectivity index (χ2n) is 9.27. The van der Waals surface area contributed by atoms with Crippen LogP contribution in [0.4, 0.5) is 17.1 Å². The molecule has 0 unspecified atom stereocenters. The number of benzene rings is 4. The van der Waals surface area contributed by atoms with Crippen LogP contribution in [-0.2, 0) is 12.8 Å². The molecule has 0 spiro atoms. The third-order valence-electron chi connectivity index (χ3n) is 6.63. The minimum absolute atomic E-state index is 1.19. The molecule has 0 atom stereocenters. The largest absolute Gasteiger partial charge is 0.310 e. The lowest BCUT2D eigenvalue weighted by molar-refractivity contribution is 0.912. The van der Waals surface area contributed by atoms with Crippen LogP contribution in [0.5, 0.6) is 0 Å². The Hall–Kier alpha value is -3.58. The summed E-state index contributed by atoms with van der Waals surface area (Å²) in [7, 11) is 0. The first kappa shape index (κ1) is 21.3. The van der Waals surface area contributed by atoms with Crippen LogP contribution >= 0.6 is 0 Å². The van der Waals surface area contributed by atoms with E-state index < -0.39 is 0 Å².